The molecule has 0 aromatic heterocycles. The largest absolute Gasteiger partial charge is 0.398 e. The van der Waals surface area contributed by atoms with E-state index in [1.54, 1.807) is 33.8 Å². The third-order valence-corrected chi connectivity index (χ3v) is 6.01. The maximum Gasteiger partial charge on any atom is 0.243 e. The second-order valence-corrected chi connectivity index (χ2v) is 7.31. The Labute approximate surface area is 127 Å². The molecular weight excluding hydrogens is 286 g/mol. The highest BCUT2D eigenvalue weighted by molar-refractivity contribution is 7.89. The highest BCUT2D eigenvalue weighted by Crippen LogP contribution is 2.31. The van der Waals surface area contributed by atoms with Crippen LogP contribution in [0.15, 0.2) is 11.0 Å². The van der Waals surface area contributed by atoms with Gasteiger partial charge in [-0.1, -0.05) is 0 Å². The second-order valence-electron chi connectivity index (χ2n) is 5.48. The Hall–Kier alpha value is -1.58. The van der Waals surface area contributed by atoms with E-state index in [1.165, 1.54) is 4.31 Å². The van der Waals surface area contributed by atoms with E-state index in [1.807, 2.05) is 13.0 Å². The van der Waals surface area contributed by atoms with Gasteiger partial charge in [-0.15, -0.1) is 0 Å². The Morgan fingerprint density at radius 1 is 1.29 bits per heavy atom. The Morgan fingerprint density at radius 3 is 2.33 bits per heavy atom. The van der Waals surface area contributed by atoms with E-state index in [9.17, 15) is 8.42 Å². The van der Waals surface area contributed by atoms with Crippen molar-refractivity contribution in [1.82, 2.24) is 4.31 Å². The van der Waals surface area contributed by atoms with Gasteiger partial charge < -0.3 is 5.73 Å². The molecule has 5 nitrogen and oxygen atoms in total. The van der Waals surface area contributed by atoms with E-state index in [0.717, 1.165) is 5.56 Å². The summed E-state index contributed by atoms with van der Waals surface area (Å²) in [6, 6.07) is 3.57. The van der Waals surface area contributed by atoms with E-state index >= 15 is 0 Å². The number of nitriles is 1. The molecule has 0 aliphatic rings. The summed E-state index contributed by atoms with van der Waals surface area (Å²) in [6.07, 6.45) is 0.163. The minimum Gasteiger partial charge on any atom is -0.398 e. The summed E-state index contributed by atoms with van der Waals surface area (Å²) in [6.45, 7) is 9.15. The van der Waals surface area contributed by atoms with Crippen LogP contribution in [-0.4, -0.2) is 25.3 Å². The van der Waals surface area contributed by atoms with Crippen molar-refractivity contribution < 1.29 is 8.42 Å². The first kappa shape index (κ1) is 17.5. The van der Waals surface area contributed by atoms with Gasteiger partial charge in [-0.2, -0.15) is 9.57 Å². The molecule has 0 fully saturated rings. The number of rotatable bonds is 5. The zero-order valence-corrected chi connectivity index (χ0v) is 14.1. The Balaban J connectivity index is 3.53. The molecule has 6 heteroatoms. The van der Waals surface area contributed by atoms with Gasteiger partial charge in [-0.05, 0) is 57.4 Å². The minimum absolute atomic E-state index is 0.163. The van der Waals surface area contributed by atoms with Crippen molar-refractivity contribution in [3.05, 3.63) is 22.8 Å². The van der Waals surface area contributed by atoms with Gasteiger partial charge in [0.2, 0.25) is 10.0 Å². The zero-order valence-electron chi connectivity index (χ0n) is 13.3. The number of nitrogens with zero attached hydrogens (tertiary/aromatic N) is 2. The molecule has 1 rings (SSSR count). The number of sulfonamides is 1. The van der Waals surface area contributed by atoms with Gasteiger partial charge >= 0.3 is 0 Å². The quantitative estimate of drug-likeness (QED) is 0.847. The smallest absolute Gasteiger partial charge is 0.243 e. The lowest BCUT2D eigenvalue weighted by Gasteiger charge is -2.27. The normalized spacial score (nSPS) is 11.9. The SMILES string of the molecule is Cc1cc(N)c(C)c(S(=O)(=O)N(CCC#N)C(C)C)c1C. The fraction of sp³-hybridized carbons (Fsp3) is 0.533. The summed E-state index contributed by atoms with van der Waals surface area (Å²) in [7, 11) is -3.68. The van der Waals surface area contributed by atoms with E-state index in [2.05, 4.69) is 0 Å². The van der Waals surface area contributed by atoms with Crippen LogP contribution >= 0.6 is 0 Å². The third kappa shape index (κ3) is 3.36. The fourth-order valence-electron chi connectivity index (χ4n) is 2.36. The van der Waals surface area contributed by atoms with Crippen molar-refractivity contribution >= 4 is 15.7 Å². The summed E-state index contributed by atoms with van der Waals surface area (Å²) < 4.78 is 27.3. The van der Waals surface area contributed by atoms with Crippen molar-refractivity contribution in [3.63, 3.8) is 0 Å². The molecule has 0 atom stereocenters. The maximum absolute atomic E-state index is 13.0. The average molecular weight is 309 g/mol. The minimum atomic E-state index is -3.68. The average Bonchev–Trinajstić information content (AvgIpc) is 2.36. The number of nitrogens with two attached hydrogens (primary N) is 1. The molecule has 21 heavy (non-hydrogen) atoms. The molecule has 2 N–H and O–H groups in total. The van der Waals surface area contributed by atoms with Crippen molar-refractivity contribution in [1.29, 1.82) is 5.26 Å². The molecule has 0 radical (unpaired) electrons. The Bertz CT molecular complexity index is 647. The first-order valence-corrected chi connectivity index (χ1v) is 8.33. The second kappa shape index (κ2) is 6.46. The molecule has 0 saturated heterocycles. The summed E-state index contributed by atoms with van der Waals surface area (Å²) in [4.78, 5) is 0.270. The van der Waals surface area contributed by atoms with Crippen molar-refractivity contribution in [2.75, 3.05) is 12.3 Å². The molecule has 0 unspecified atom stereocenters. The van der Waals surface area contributed by atoms with E-state index in [4.69, 9.17) is 11.0 Å². The third-order valence-electron chi connectivity index (χ3n) is 3.66. The molecule has 116 valence electrons. The van der Waals surface area contributed by atoms with Crippen LogP contribution in [0.5, 0.6) is 0 Å². The molecule has 0 aliphatic carbocycles. The number of aryl methyl sites for hydroxylation is 1. The highest BCUT2D eigenvalue weighted by Gasteiger charge is 2.30. The standard InChI is InChI=1S/C15H23N3O2S/c1-10(2)18(8-6-7-16)21(19,20)15-12(4)11(3)9-14(17)13(15)5/h9-10H,6,8,17H2,1-5H3. The molecule has 0 bridgehead atoms. The van der Waals surface area contributed by atoms with Gasteiger partial charge in [0.25, 0.3) is 0 Å². The van der Waals surface area contributed by atoms with Crippen LogP contribution in [0.2, 0.25) is 0 Å². The van der Waals surface area contributed by atoms with Crippen LogP contribution < -0.4 is 5.73 Å². The van der Waals surface area contributed by atoms with Crippen molar-refractivity contribution in [2.24, 2.45) is 0 Å². The molecule has 1 aromatic rings. The number of anilines is 1. The van der Waals surface area contributed by atoms with Crippen molar-refractivity contribution in [2.45, 2.75) is 52.0 Å². The Morgan fingerprint density at radius 2 is 1.86 bits per heavy atom. The monoisotopic (exact) mass is 309 g/mol. The number of nitrogen functional groups attached to an aromatic ring is 1. The molecule has 0 aliphatic heterocycles. The maximum atomic E-state index is 13.0. The van der Waals surface area contributed by atoms with Crippen molar-refractivity contribution in [3.8, 4) is 6.07 Å². The fourth-order valence-corrected chi connectivity index (χ4v) is 4.54. The van der Waals surface area contributed by atoms with Crippen LogP contribution in [0.4, 0.5) is 5.69 Å². The van der Waals surface area contributed by atoms with E-state index < -0.39 is 10.0 Å². The van der Waals surface area contributed by atoms with Gasteiger partial charge in [0, 0.05) is 24.7 Å². The predicted octanol–water partition coefficient (Wildman–Crippen LogP) is 2.51. The Kier molecular flexibility index (Phi) is 5.37. The zero-order chi connectivity index (χ0) is 16.4. The lowest BCUT2D eigenvalue weighted by molar-refractivity contribution is 0.360. The van der Waals surface area contributed by atoms with Crippen LogP contribution in [0.25, 0.3) is 0 Å². The number of hydrogen-bond acceptors (Lipinski definition) is 4. The van der Waals surface area contributed by atoms with Gasteiger partial charge in [-0.3, -0.25) is 0 Å². The summed E-state index contributed by atoms with van der Waals surface area (Å²) in [5.41, 5.74) is 8.53. The molecule has 0 spiro atoms. The van der Waals surface area contributed by atoms with Crippen LogP contribution in [-0.2, 0) is 10.0 Å². The lowest BCUT2D eigenvalue weighted by Crippen LogP contribution is -2.38. The molecular formula is C15H23N3O2S. The molecule has 0 heterocycles. The van der Waals surface area contributed by atoms with E-state index in [-0.39, 0.29) is 23.9 Å². The lowest BCUT2D eigenvalue weighted by atomic mass is 10.1. The summed E-state index contributed by atoms with van der Waals surface area (Å²) in [5.74, 6) is 0. The van der Waals surface area contributed by atoms with Gasteiger partial charge in [-0.25, -0.2) is 8.42 Å². The predicted molar refractivity (Wildman–Crippen MR) is 84.3 cm³/mol. The van der Waals surface area contributed by atoms with Crippen LogP contribution in [0.3, 0.4) is 0 Å². The molecule has 0 saturated carbocycles. The van der Waals surface area contributed by atoms with Gasteiger partial charge in [0.1, 0.15) is 0 Å². The highest BCUT2D eigenvalue weighted by atomic mass is 32.2. The number of hydrogen-bond donors (Lipinski definition) is 1. The summed E-state index contributed by atoms with van der Waals surface area (Å²) in [5, 5.41) is 8.74. The van der Waals surface area contributed by atoms with Crippen LogP contribution in [0, 0.1) is 32.1 Å². The molecule has 1 aromatic carbocycles. The summed E-state index contributed by atoms with van der Waals surface area (Å²) >= 11 is 0. The topological polar surface area (TPSA) is 87.2 Å². The van der Waals surface area contributed by atoms with Gasteiger partial charge in [0.05, 0.1) is 11.0 Å². The van der Waals surface area contributed by atoms with Crippen LogP contribution in [0.1, 0.15) is 37.0 Å². The molecule has 0 amide bonds. The first-order chi connectivity index (χ1) is 9.64. The van der Waals surface area contributed by atoms with Gasteiger partial charge in [0.15, 0.2) is 0 Å². The number of benzene rings is 1. The van der Waals surface area contributed by atoms with E-state index in [0.29, 0.717) is 16.8 Å². The first-order valence-electron chi connectivity index (χ1n) is 6.89.